The van der Waals surface area contributed by atoms with Crippen molar-refractivity contribution < 1.29 is 31.2 Å². The molecule has 2 unspecified atom stereocenters. The van der Waals surface area contributed by atoms with Gasteiger partial charge in [0, 0.05) is 25.6 Å². The number of anilines is 1. The smallest absolute Gasteiger partial charge is 0.370 e. The number of alkyl halides is 3. The van der Waals surface area contributed by atoms with Gasteiger partial charge in [-0.05, 0) is 86.0 Å². The third kappa shape index (κ3) is 4.69. The van der Waals surface area contributed by atoms with Crippen LogP contribution in [0.15, 0.2) is 24.3 Å². The minimum absolute atomic E-state index is 0.0476. The van der Waals surface area contributed by atoms with Crippen molar-refractivity contribution in [3.05, 3.63) is 29.8 Å². The molecule has 4 saturated carbocycles. The summed E-state index contributed by atoms with van der Waals surface area (Å²) in [4.78, 5) is 24.7. The van der Waals surface area contributed by atoms with Crippen molar-refractivity contribution in [3.8, 4) is 0 Å². The molecule has 2 amide bonds. The monoisotopic (exact) mass is 528 g/mol. The summed E-state index contributed by atoms with van der Waals surface area (Å²) >= 11 is 0. The molecule has 6 rings (SSSR count). The second kappa shape index (κ2) is 8.90. The highest BCUT2D eigenvalue weighted by Gasteiger charge is 2.56. The Morgan fingerprint density at radius 1 is 1.06 bits per heavy atom. The number of carbonyl (C=O) groups is 2. The quantitative estimate of drug-likeness (QED) is 0.591. The van der Waals surface area contributed by atoms with Crippen LogP contribution in [0.3, 0.4) is 0 Å². The molecule has 2 atom stereocenters. The van der Waals surface area contributed by atoms with E-state index in [-0.39, 0.29) is 60.4 Å². The van der Waals surface area contributed by atoms with Crippen molar-refractivity contribution in [2.75, 3.05) is 23.9 Å². The molecule has 0 aromatic heterocycles. The zero-order valence-electron chi connectivity index (χ0n) is 19.8. The Morgan fingerprint density at radius 2 is 1.69 bits per heavy atom. The predicted molar refractivity (Wildman–Crippen MR) is 126 cm³/mol. The molecule has 3 N–H and O–H groups in total. The third-order valence-electron chi connectivity index (χ3n) is 8.45. The largest absolute Gasteiger partial charge is 0.416 e. The number of carbonyl (C=O) groups excluding carboxylic acids is 2. The average Bonchev–Trinajstić information content (AvgIpc) is 2.76. The number of amides is 2. The maximum absolute atomic E-state index is 13.2. The maximum Gasteiger partial charge on any atom is 0.416 e. The second-order valence-corrected chi connectivity index (χ2v) is 12.9. The molecule has 36 heavy (non-hydrogen) atoms. The molecule has 198 valence electrons. The Labute approximate surface area is 208 Å². The molecule has 4 bridgehead atoms. The van der Waals surface area contributed by atoms with Crippen molar-refractivity contribution in [2.24, 2.45) is 28.9 Å². The van der Waals surface area contributed by atoms with Crippen LogP contribution >= 0.6 is 0 Å². The van der Waals surface area contributed by atoms with Gasteiger partial charge in [0.15, 0.2) is 0 Å². The van der Waals surface area contributed by atoms with Crippen LogP contribution in [0.25, 0.3) is 0 Å². The lowest BCUT2D eigenvalue weighted by molar-refractivity contribution is -0.137. The van der Waals surface area contributed by atoms with E-state index in [1.807, 2.05) is 0 Å². The van der Waals surface area contributed by atoms with Gasteiger partial charge >= 0.3 is 16.4 Å². The van der Waals surface area contributed by atoms with Gasteiger partial charge in [-0.15, -0.1) is 0 Å². The van der Waals surface area contributed by atoms with Crippen LogP contribution in [0.1, 0.15) is 50.5 Å². The van der Waals surface area contributed by atoms with Crippen molar-refractivity contribution in [2.45, 2.75) is 57.2 Å². The van der Waals surface area contributed by atoms with E-state index < -0.39 is 21.9 Å². The molecule has 0 radical (unpaired) electrons. The van der Waals surface area contributed by atoms with Crippen molar-refractivity contribution in [3.63, 3.8) is 0 Å². The van der Waals surface area contributed by atoms with E-state index in [0.29, 0.717) is 18.8 Å². The first kappa shape index (κ1) is 25.3. The molecule has 12 heteroatoms. The lowest BCUT2D eigenvalue weighted by Crippen LogP contribution is -2.61. The van der Waals surface area contributed by atoms with Crippen molar-refractivity contribution in [1.82, 2.24) is 9.62 Å². The molecule has 1 aromatic carbocycles. The van der Waals surface area contributed by atoms with Gasteiger partial charge < -0.3 is 11.1 Å². The maximum atomic E-state index is 13.2. The normalized spacial score (nSPS) is 33.5. The standard InChI is InChI=1S/C24H31F3N4O4S/c25-24(26,27)18-2-4-19(5-3-18)31-7-1-6-30(36(31,34)35)14-21(33)29-22-16-8-15-9-17(22)12-23(10-15,11-16)13-20(28)32/h2-5,15-17,22H,1,6-14H2,(H2,28,32)(H,29,33). The van der Waals surface area contributed by atoms with Crippen LogP contribution in [-0.2, 0) is 26.0 Å². The number of halogens is 3. The van der Waals surface area contributed by atoms with Crippen LogP contribution in [0.2, 0.25) is 0 Å². The van der Waals surface area contributed by atoms with E-state index in [1.54, 1.807) is 0 Å². The van der Waals surface area contributed by atoms with E-state index in [9.17, 15) is 31.2 Å². The number of nitrogens with one attached hydrogen (secondary N) is 1. The summed E-state index contributed by atoms with van der Waals surface area (Å²) in [6.07, 6.45) is 0.991. The van der Waals surface area contributed by atoms with Crippen LogP contribution in [0.5, 0.6) is 0 Å². The Bertz CT molecular complexity index is 1130. The summed E-state index contributed by atoms with van der Waals surface area (Å²) in [7, 11) is -4.07. The Morgan fingerprint density at radius 3 is 2.28 bits per heavy atom. The molecule has 4 aliphatic carbocycles. The summed E-state index contributed by atoms with van der Waals surface area (Å²) in [5.74, 6) is 0.372. The third-order valence-corrected chi connectivity index (χ3v) is 10.4. The van der Waals surface area contributed by atoms with Crippen LogP contribution in [-0.4, -0.2) is 50.2 Å². The molecular formula is C24H31F3N4O4S. The molecule has 8 nitrogen and oxygen atoms in total. The first-order chi connectivity index (χ1) is 16.9. The minimum Gasteiger partial charge on any atom is -0.370 e. The summed E-state index contributed by atoms with van der Waals surface area (Å²) in [5.41, 5.74) is 4.72. The molecule has 5 fully saturated rings. The minimum atomic E-state index is -4.51. The van der Waals surface area contributed by atoms with Crippen molar-refractivity contribution in [1.29, 1.82) is 0 Å². The van der Waals surface area contributed by atoms with Gasteiger partial charge in [0.2, 0.25) is 11.8 Å². The highest BCUT2D eigenvalue weighted by atomic mass is 32.2. The number of rotatable bonds is 6. The van der Waals surface area contributed by atoms with Crippen molar-refractivity contribution >= 4 is 27.7 Å². The molecule has 0 spiro atoms. The van der Waals surface area contributed by atoms with Gasteiger partial charge in [0.1, 0.15) is 0 Å². The van der Waals surface area contributed by atoms with Crippen LogP contribution < -0.4 is 15.4 Å². The average molecular weight is 529 g/mol. The van der Waals surface area contributed by atoms with Gasteiger partial charge in [0.25, 0.3) is 0 Å². The first-order valence-corrected chi connectivity index (χ1v) is 13.8. The number of hydrogen-bond donors (Lipinski definition) is 2. The first-order valence-electron chi connectivity index (χ1n) is 12.4. The lowest BCUT2D eigenvalue weighted by atomic mass is 9.47. The van der Waals surface area contributed by atoms with E-state index >= 15 is 0 Å². The molecule has 1 heterocycles. The number of benzene rings is 1. The highest BCUT2D eigenvalue weighted by Crippen LogP contribution is 2.61. The van der Waals surface area contributed by atoms with Crippen LogP contribution in [0.4, 0.5) is 18.9 Å². The fraction of sp³-hybridized carbons (Fsp3) is 0.667. The van der Waals surface area contributed by atoms with Gasteiger partial charge in [-0.1, -0.05) is 0 Å². The molecule has 5 aliphatic rings. The lowest BCUT2D eigenvalue weighted by Gasteiger charge is -2.60. The van der Waals surface area contributed by atoms with Gasteiger partial charge in [-0.25, -0.2) is 0 Å². The Kier molecular flexibility index (Phi) is 6.26. The van der Waals surface area contributed by atoms with E-state index in [2.05, 4.69) is 5.32 Å². The number of hydrogen-bond acceptors (Lipinski definition) is 4. The molecular weight excluding hydrogens is 497 g/mol. The summed E-state index contributed by atoms with van der Waals surface area (Å²) in [5, 5.41) is 3.09. The topological polar surface area (TPSA) is 113 Å². The second-order valence-electron chi connectivity index (χ2n) is 11.0. The number of nitrogens with zero attached hydrogens (tertiary/aromatic N) is 2. The van der Waals surface area contributed by atoms with Crippen LogP contribution in [0, 0.1) is 23.2 Å². The number of nitrogens with two attached hydrogens (primary N) is 1. The van der Waals surface area contributed by atoms with Gasteiger partial charge in [-0.2, -0.15) is 25.9 Å². The zero-order valence-corrected chi connectivity index (χ0v) is 20.7. The van der Waals surface area contributed by atoms with E-state index in [1.165, 1.54) is 0 Å². The number of primary amides is 1. The SMILES string of the molecule is NC(=O)CC12CC3CC(C1)C(NC(=O)CN1CCCN(c4ccc(C(F)(F)F)cc4)S1(=O)=O)C(C3)C2. The zero-order chi connectivity index (χ0) is 25.9. The van der Waals surface area contributed by atoms with E-state index in [0.717, 1.165) is 65.0 Å². The van der Waals surface area contributed by atoms with Gasteiger partial charge in [0.05, 0.1) is 17.8 Å². The molecule has 1 aromatic rings. The summed E-state index contributed by atoms with van der Waals surface area (Å²) in [6.45, 7) is -0.0542. The van der Waals surface area contributed by atoms with E-state index in [4.69, 9.17) is 5.73 Å². The predicted octanol–water partition coefficient (Wildman–Crippen LogP) is 2.65. The molecule has 1 saturated heterocycles. The summed E-state index contributed by atoms with van der Waals surface area (Å²) in [6, 6.07) is 3.94. The van der Waals surface area contributed by atoms with Gasteiger partial charge in [-0.3, -0.25) is 13.9 Å². The fourth-order valence-electron chi connectivity index (χ4n) is 7.41. The molecule has 1 aliphatic heterocycles. The Hall–Kier alpha value is -2.34. The Balaban J connectivity index is 1.24. The fourth-order valence-corrected chi connectivity index (χ4v) is 9.07. The summed E-state index contributed by atoms with van der Waals surface area (Å²) < 4.78 is 67.3. The highest BCUT2D eigenvalue weighted by molar-refractivity contribution is 7.90.